The van der Waals surface area contributed by atoms with E-state index in [-0.39, 0.29) is 17.6 Å². The average molecular weight is 356 g/mol. The Morgan fingerprint density at radius 1 is 1.04 bits per heavy atom. The molecular formula is C21H25FN2O2. The van der Waals surface area contributed by atoms with Crippen LogP contribution in [-0.4, -0.2) is 24.9 Å². The van der Waals surface area contributed by atoms with Crippen molar-refractivity contribution < 1.29 is 14.0 Å². The highest BCUT2D eigenvalue weighted by molar-refractivity contribution is 6.06. The molecule has 0 aliphatic carbocycles. The first-order valence-corrected chi connectivity index (χ1v) is 8.86. The molecule has 4 nitrogen and oxygen atoms in total. The number of carbonyl (C=O) groups excluding carboxylic acids is 2. The van der Waals surface area contributed by atoms with Crippen molar-refractivity contribution in [3.8, 4) is 0 Å². The van der Waals surface area contributed by atoms with Crippen LogP contribution in [0.4, 0.5) is 10.1 Å². The molecule has 0 radical (unpaired) electrons. The molecule has 0 saturated carbocycles. The first-order chi connectivity index (χ1) is 12.5. The van der Waals surface area contributed by atoms with E-state index >= 15 is 0 Å². The molecule has 0 heterocycles. The van der Waals surface area contributed by atoms with E-state index in [4.69, 9.17) is 0 Å². The fraction of sp³-hybridized carbons (Fsp3) is 0.333. The molecule has 0 atom stereocenters. The van der Waals surface area contributed by atoms with Crippen LogP contribution in [0.15, 0.2) is 54.6 Å². The molecule has 5 heteroatoms. The quantitative estimate of drug-likeness (QED) is 0.726. The van der Waals surface area contributed by atoms with Crippen molar-refractivity contribution in [2.24, 2.45) is 5.92 Å². The third-order valence-corrected chi connectivity index (χ3v) is 3.88. The van der Waals surface area contributed by atoms with E-state index in [1.807, 2.05) is 44.2 Å². The van der Waals surface area contributed by atoms with Crippen LogP contribution in [0.25, 0.3) is 0 Å². The van der Waals surface area contributed by atoms with Gasteiger partial charge in [-0.25, -0.2) is 4.39 Å². The van der Waals surface area contributed by atoms with Crippen LogP contribution in [0.2, 0.25) is 0 Å². The van der Waals surface area contributed by atoms with Gasteiger partial charge in [0.25, 0.3) is 5.91 Å². The minimum atomic E-state index is -0.374. The molecule has 1 N–H and O–H groups in total. The highest BCUT2D eigenvalue weighted by Crippen LogP contribution is 2.17. The molecule has 0 spiro atoms. The molecule has 0 aliphatic heterocycles. The monoisotopic (exact) mass is 356 g/mol. The standard InChI is InChI=1S/C21H25FN2O2/c1-16(2)15-20(25)23-13-6-14-24(19-7-4-3-5-8-19)21(26)17-9-11-18(22)12-10-17/h3-5,7-12,16H,6,13-15H2,1-2H3,(H,23,25). The van der Waals surface area contributed by atoms with Crippen molar-refractivity contribution in [1.82, 2.24) is 5.32 Å². The van der Waals surface area contributed by atoms with Crippen molar-refractivity contribution in [1.29, 1.82) is 0 Å². The molecule has 2 amide bonds. The van der Waals surface area contributed by atoms with Crippen LogP contribution >= 0.6 is 0 Å². The second kappa shape index (κ2) is 9.70. The first-order valence-electron chi connectivity index (χ1n) is 8.86. The molecule has 2 aromatic carbocycles. The largest absolute Gasteiger partial charge is 0.356 e. The van der Waals surface area contributed by atoms with Crippen LogP contribution in [0.1, 0.15) is 37.0 Å². The number of nitrogens with one attached hydrogen (secondary N) is 1. The predicted octanol–water partition coefficient (Wildman–Crippen LogP) is 4.02. The summed E-state index contributed by atoms with van der Waals surface area (Å²) in [6.45, 7) is 4.96. The number of para-hydroxylation sites is 1. The van der Waals surface area contributed by atoms with Gasteiger partial charge in [0, 0.05) is 30.8 Å². The Kier molecular flexibility index (Phi) is 7.33. The van der Waals surface area contributed by atoms with Gasteiger partial charge >= 0.3 is 0 Å². The molecule has 26 heavy (non-hydrogen) atoms. The smallest absolute Gasteiger partial charge is 0.258 e. The summed E-state index contributed by atoms with van der Waals surface area (Å²) in [4.78, 5) is 26.2. The minimum Gasteiger partial charge on any atom is -0.356 e. The number of hydrogen-bond acceptors (Lipinski definition) is 2. The van der Waals surface area contributed by atoms with E-state index < -0.39 is 0 Å². The normalized spacial score (nSPS) is 10.6. The zero-order valence-electron chi connectivity index (χ0n) is 15.2. The fourth-order valence-electron chi connectivity index (χ4n) is 2.61. The van der Waals surface area contributed by atoms with E-state index in [9.17, 15) is 14.0 Å². The van der Waals surface area contributed by atoms with Crippen LogP contribution in [0.3, 0.4) is 0 Å². The van der Waals surface area contributed by atoms with Crippen LogP contribution in [-0.2, 0) is 4.79 Å². The zero-order chi connectivity index (χ0) is 18.9. The van der Waals surface area contributed by atoms with Crippen LogP contribution in [0, 0.1) is 11.7 Å². The molecule has 0 aromatic heterocycles. The number of amides is 2. The lowest BCUT2D eigenvalue weighted by molar-refractivity contribution is -0.121. The summed E-state index contributed by atoms with van der Waals surface area (Å²) < 4.78 is 13.1. The van der Waals surface area contributed by atoms with Gasteiger partial charge in [-0.15, -0.1) is 0 Å². The Morgan fingerprint density at radius 2 is 1.69 bits per heavy atom. The Balaban J connectivity index is 2.02. The number of carbonyl (C=O) groups is 2. The number of nitrogens with zero attached hydrogens (tertiary/aromatic N) is 1. The molecule has 2 rings (SSSR count). The fourth-order valence-corrected chi connectivity index (χ4v) is 2.61. The lowest BCUT2D eigenvalue weighted by Gasteiger charge is -2.23. The van der Waals surface area contributed by atoms with Gasteiger partial charge in [0.1, 0.15) is 5.82 Å². The Morgan fingerprint density at radius 3 is 2.31 bits per heavy atom. The van der Waals surface area contributed by atoms with Crippen LogP contribution < -0.4 is 10.2 Å². The van der Waals surface area contributed by atoms with Crippen molar-refractivity contribution in [2.45, 2.75) is 26.7 Å². The highest BCUT2D eigenvalue weighted by Gasteiger charge is 2.17. The van der Waals surface area contributed by atoms with E-state index in [2.05, 4.69) is 5.32 Å². The highest BCUT2D eigenvalue weighted by atomic mass is 19.1. The predicted molar refractivity (Wildman–Crippen MR) is 102 cm³/mol. The maximum Gasteiger partial charge on any atom is 0.258 e. The number of rotatable bonds is 8. The van der Waals surface area contributed by atoms with Crippen molar-refractivity contribution in [2.75, 3.05) is 18.0 Å². The molecule has 138 valence electrons. The van der Waals surface area contributed by atoms with E-state index in [0.29, 0.717) is 37.4 Å². The summed E-state index contributed by atoms with van der Waals surface area (Å²) in [5.74, 6) is -0.225. The average Bonchev–Trinajstić information content (AvgIpc) is 2.62. The third kappa shape index (κ3) is 5.99. The molecule has 0 aliphatic rings. The Hall–Kier alpha value is -2.69. The lowest BCUT2D eigenvalue weighted by Crippen LogP contribution is -2.34. The van der Waals surface area contributed by atoms with Crippen molar-refractivity contribution in [3.05, 3.63) is 66.0 Å². The van der Waals surface area contributed by atoms with E-state index in [1.54, 1.807) is 4.90 Å². The Labute approximate surface area is 154 Å². The van der Waals surface area contributed by atoms with Gasteiger partial charge in [0.15, 0.2) is 0 Å². The summed E-state index contributed by atoms with van der Waals surface area (Å²) >= 11 is 0. The first kappa shape index (κ1) is 19.6. The number of hydrogen-bond donors (Lipinski definition) is 1. The summed E-state index contributed by atoms with van der Waals surface area (Å²) in [5, 5.41) is 2.88. The van der Waals surface area contributed by atoms with Gasteiger partial charge < -0.3 is 10.2 Å². The number of anilines is 1. The van der Waals surface area contributed by atoms with Crippen molar-refractivity contribution >= 4 is 17.5 Å². The third-order valence-electron chi connectivity index (χ3n) is 3.88. The topological polar surface area (TPSA) is 49.4 Å². The van der Waals surface area contributed by atoms with Crippen LogP contribution in [0.5, 0.6) is 0 Å². The number of benzene rings is 2. The SMILES string of the molecule is CC(C)CC(=O)NCCCN(C(=O)c1ccc(F)cc1)c1ccccc1. The van der Waals surface area contributed by atoms with Gasteiger partial charge in [0.2, 0.25) is 5.91 Å². The summed E-state index contributed by atoms with van der Waals surface area (Å²) in [6, 6.07) is 14.9. The van der Waals surface area contributed by atoms with E-state index in [1.165, 1.54) is 24.3 Å². The lowest BCUT2D eigenvalue weighted by atomic mass is 10.1. The van der Waals surface area contributed by atoms with E-state index in [0.717, 1.165) is 5.69 Å². The summed E-state index contributed by atoms with van der Waals surface area (Å²) in [5.41, 5.74) is 1.20. The summed E-state index contributed by atoms with van der Waals surface area (Å²) in [7, 11) is 0. The second-order valence-electron chi connectivity index (χ2n) is 6.60. The number of halogens is 1. The van der Waals surface area contributed by atoms with Gasteiger partial charge in [-0.2, -0.15) is 0 Å². The molecule has 0 unspecified atom stereocenters. The molecule has 2 aromatic rings. The maximum absolute atomic E-state index is 13.1. The summed E-state index contributed by atoms with van der Waals surface area (Å²) in [6.07, 6.45) is 1.13. The Bertz CT molecular complexity index is 715. The van der Waals surface area contributed by atoms with Crippen molar-refractivity contribution in [3.63, 3.8) is 0 Å². The maximum atomic E-state index is 13.1. The minimum absolute atomic E-state index is 0.0242. The second-order valence-corrected chi connectivity index (χ2v) is 6.60. The van der Waals surface area contributed by atoms with Gasteiger partial charge in [-0.05, 0) is 48.7 Å². The zero-order valence-corrected chi connectivity index (χ0v) is 15.2. The molecular weight excluding hydrogens is 331 g/mol. The van der Waals surface area contributed by atoms with Gasteiger partial charge in [0.05, 0.1) is 0 Å². The molecule has 0 bridgehead atoms. The van der Waals surface area contributed by atoms with Gasteiger partial charge in [-0.3, -0.25) is 9.59 Å². The molecule has 0 saturated heterocycles. The van der Waals surface area contributed by atoms with Gasteiger partial charge in [-0.1, -0.05) is 32.0 Å². The molecule has 0 fully saturated rings.